The molecule has 0 aromatic carbocycles. The monoisotopic (exact) mass is 384 g/mol. The van der Waals surface area contributed by atoms with E-state index in [1.165, 1.54) is 20.3 Å². The number of sulfonamides is 1. The number of hydrogen-bond donors (Lipinski definition) is 2. The molecule has 1 aliphatic heterocycles. The van der Waals surface area contributed by atoms with Gasteiger partial charge in [-0.05, 0) is 25.4 Å². The lowest BCUT2D eigenvalue weighted by atomic mass is 9.97. The van der Waals surface area contributed by atoms with Crippen LogP contribution in [-0.4, -0.2) is 47.7 Å². The van der Waals surface area contributed by atoms with E-state index >= 15 is 0 Å². The van der Waals surface area contributed by atoms with Crippen molar-refractivity contribution in [2.24, 2.45) is 5.92 Å². The Kier molecular flexibility index (Phi) is 7.28. The van der Waals surface area contributed by atoms with Crippen molar-refractivity contribution in [2.45, 2.75) is 23.6 Å². The number of carbonyl (C=O) groups is 1. The zero-order valence-electron chi connectivity index (χ0n) is 13.1. The molecule has 0 aliphatic carbocycles. The third-order valence-electron chi connectivity index (χ3n) is 3.61. The molecule has 2 N–H and O–H groups in total. The molecule has 0 radical (unpaired) electrons. The van der Waals surface area contributed by atoms with Crippen molar-refractivity contribution in [3.8, 4) is 5.75 Å². The molecule has 2 atom stereocenters. The fourth-order valence-corrected chi connectivity index (χ4v) is 5.22. The number of esters is 1. The Morgan fingerprint density at radius 3 is 2.70 bits per heavy atom. The molecule has 10 heteroatoms. The molecule has 0 spiro atoms. The lowest BCUT2D eigenvalue weighted by molar-refractivity contribution is 0.0606. The van der Waals surface area contributed by atoms with Gasteiger partial charge in [-0.25, -0.2) is 17.9 Å². The summed E-state index contributed by atoms with van der Waals surface area (Å²) >= 11 is 0.848. The smallest absolute Gasteiger partial charge is 0.348 e. The summed E-state index contributed by atoms with van der Waals surface area (Å²) in [7, 11) is -1.13. The summed E-state index contributed by atoms with van der Waals surface area (Å²) in [4.78, 5) is 11.8. The van der Waals surface area contributed by atoms with Gasteiger partial charge >= 0.3 is 5.97 Å². The standard InChI is InChI=1S/C13H20N2O5S2.ClH/c1-8-7-14-5-4-9(8)15-22(17,18)13-10(19-2)6-11(21-13)12(16)20-3;/h6,8-9,14-15H,4-5,7H2,1-3H3;1H. The molecule has 2 rings (SSSR count). The molecule has 2 unspecified atom stereocenters. The van der Waals surface area contributed by atoms with Crippen LogP contribution in [-0.2, 0) is 14.8 Å². The molecule has 1 aliphatic rings. The van der Waals surface area contributed by atoms with Gasteiger partial charge in [0.05, 0.1) is 14.2 Å². The van der Waals surface area contributed by atoms with Crippen molar-refractivity contribution < 1.29 is 22.7 Å². The highest BCUT2D eigenvalue weighted by Crippen LogP contribution is 2.34. The molecular weight excluding hydrogens is 364 g/mol. The van der Waals surface area contributed by atoms with E-state index in [0.717, 1.165) is 30.8 Å². The normalized spacial score (nSPS) is 21.3. The lowest BCUT2D eigenvalue weighted by Gasteiger charge is -2.29. The number of ether oxygens (including phenoxy) is 2. The molecule has 0 amide bonds. The Hall–Kier alpha value is -0.870. The predicted molar refractivity (Wildman–Crippen MR) is 90.2 cm³/mol. The van der Waals surface area contributed by atoms with E-state index < -0.39 is 16.0 Å². The first-order valence-corrected chi connectivity index (χ1v) is 9.18. The van der Waals surface area contributed by atoms with Crippen LogP contribution in [0.15, 0.2) is 10.3 Å². The highest BCUT2D eigenvalue weighted by molar-refractivity contribution is 7.91. The van der Waals surface area contributed by atoms with E-state index in [4.69, 9.17) is 4.74 Å². The van der Waals surface area contributed by atoms with E-state index in [2.05, 4.69) is 14.8 Å². The third kappa shape index (κ3) is 4.57. The Bertz CT molecular complexity index is 647. The summed E-state index contributed by atoms with van der Waals surface area (Å²) in [5.74, 6) is -0.242. The fourth-order valence-electron chi connectivity index (χ4n) is 2.33. The molecule has 132 valence electrons. The van der Waals surface area contributed by atoms with Crippen molar-refractivity contribution in [1.82, 2.24) is 10.0 Å². The topological polar surface area (TPSA) is 93.7 Å². The van der Waals surface area contributed by atoms with Crippen LogP contribution in [0.25, 0.3) is 0 Å². The highest BCUT2D eigenvalue weighted by Gasteiger charge is 2.31. The van der Waals surface area contributed by atoms with Gasteiger partial charge in [0.1, 0.15) is 4.88 Å². The second-order valence-electron chi connectivity index (χ2n) is 5.16. The average molecular weight is 385 g/mol. The first-order chi connectivity index (χ1) is 10.4. The van der Waals surface area contributed by atoms with E-state index in [-0.39, 0.29) is 39.2 Å². The van der Waals surface area contributed by atoms with Crippen molar-refractivity contribution >= 4 is 39.7 Å². The Morgan fingerprint density at radius 2 is 2.13 bits per heavy atom. The molecule has 23 heavy (non-hydrogen) atoms. The molecule has 1 aromatic rings. The van der Waals surface area contributed by atoms with Gasteiger partial charge in [0.25, 0.3) is 10.0 Å². The molecule has 7 nitrogen and oxygen atoms in total. The van der Waals surface area contributed by atoms with Crippen molar-refractivity contribution in [1.29, 1.82) is 0 Å². The van der Waals surface area contributed by atoms with Crippen molar-refractivity contribution in [3.05, 3.63) is 10.9 Å². The maximum Gasteiger partial charge on any atom is 0.348 e. The number of piperidine rings is 1. The maximum atomic E-state index is 12.6. The van der Waals surface area contributed by atoms with Crippen LogP contribution in [0, 0.1) is 5.92 Å². The first kappa shape index (κ1) is 20.2. The zero-order chi connectivity index (χ0) is 16.3. The number of thiophene rings is 1. The second-order valence-corrected chi connectivity index (χ2v) is 8.12. The summed E-state index contributed by atoms with van der Waals surface area (Å²) < 4.78 is 37.6. The van der Waals surface area contributed by atoms with Crippen LogP contribution in [0.3, 0.4) is 0 Å². The largest absolute Gasteiger partial charge is 0.494 e. The van der Waals surface area contributed by atoms with Gasteiger partial charge in [-0.15, -0.1) is 23.7 Å². The Labute approximate surface area is 146 Å². The van der Waals surface area contributed by atoms with Gasteiger partial charge in [-0.3, -0.25) is 0 Å². The zero-order valence-corrected chi connectivity index (χ0v) is 15.6. The number of hydrogen-bond acceptors (Lipinski definition) is 7. The van der Waals surface area contributed by atoms with Gasteiger partial charge in [-0.1, -0.05) is 6.92 Å². The molecule has 1 aromatic heterocycles. The summed E-state index contributed by atoms with van der Waals surface area (Å²) in [6, 6.07) is 1.25. The van der Waals surface area contributed by atoms with Gasteiger partial charge in [0.2, 0.25) is 0 Å². The minimum atomic E-state index is -3.75. The van der Waals surface area contributed by atoms with Crippen molar-refractivity contribution in [3.63, 3.8) is 0 Å². The van der Waals surface area contributed by atoms with Crippen LogP contribution in [0.5, 0.6) is 5.75 Å². The van der Waals surface area contributed by atoms with Crippen LogP contribution in [0.2, 0.25) is 0 Å². The SMILES string of the molecule is COC(=O)c1cc(OC)c(S(=O)(=O)NC2CCNCC2C)s1.Cl. The number of rotatable bonds is 5. The van der Waals surface area contributed by atoms with E-state index in [9.17, 15) is 13.2 Å². The summed E-state index contributed by atoms with van der Waals surface area (Å²) in [5, 5.41) is 3.22. The summed E-state index contributed by atoms with van der Waals surface area (Å²) in [6.45, 7) is 3.53. The average Bonchev–Trinajstić information content (AvgIpc) is 2.94. The lowest BCUT2D eigenvalue weighted by Crippen LogP contribution is -2.48. The third-order valence-corrected chi connectivity index (χ3v) is 6.71. The van der Waals surface area contributed by atoms with Gasteiger partial charge < -0.3 is 14.8 Å². The summed E-state index contributed by atoms with van der Waals surface area (Å²) in [5.41, 5.74) is 0. The summed E-state index contributed by atoms with van der Waals surface area (Å²) in [6.07, 6.45) is 0.720. The number of halogens is 1. The molecular formula is C13H21ClN2O5S2. The van der Waals surface area contributed by atoms with Crippen molar-refractivity contribution in [2.75, 3.05) is 27.3 Å². The quantitative estimate of drug-likeness (QED) is 0.742. The first-order valence-electron chi connectivity index (χ1n) is 6.88. The van der Waals surface area contributed by atoms with E-state index in [1.807, 2.05) is 6.92 Å². The second kappa shape index (κ2) is 8.29. The minimum absolute atomic E-state index is 0. The molecule has 1 saturated heterocycles. The van der Waals surface area contributed by atoms with Gasteiger partial charge in [0.15, 0.2) is 9.96 Å². The number of carbonyl (C=O) groups excluding carboxylic acids is 1. The maximum absolute atomic E-state index is 12.6. The molecule has 0 bridgehead atoms. The van der Waals surface area contributed by atoms with Crippen LogP contribution >= 0.6 is 23.7 Å². The van der Waals surface area contributed by atoms with Gasteiger partial charge in [-0.2, -0.15) is 0 Å². The molecule has 0 saturated carbocycles. The number of nitrogens with one attached hydrogen (secondary N) is 2. The fraction of sp³-hybridized carbons (Fsp3) is 0.615. The minimum Gasteiger partial charge on any atom is -0.494 e. The van der Waals surface area contributed by atoms with Crippen LogP contribution in [0.4, 0.5) is 0 Å². The molecule has 2 heterocycles. The van der Waals surface area contributed by atoms with E-state index in [1.54, 1.807) is 0 Å². The Morgan fingerprint density at radius 1 is 1.43 bits per heavy atom. The van der Waals surface area contributed by atoms with Crippen LogP contribution < -0.4 is 14.8 Å². The molecule has 1 fully saturated rings. The van der Waals surface area contributed by atoms with Gasteiger partial charge in [0, 0.05) is 12.1 Å². The van der Waals surface area contributed by atoms with E-state index in [0.29, 0.717) is 0 Å². The highest BCUT2D eigenvalue weighted by atomic mass is 35.5. The Balaban J connectivity index is 0.00000264. The number of methoxy groups -OCH3 is 2. The van der Waals surface area contributed by atoms with Crippen LogP contribution in [0.1, 0.15) is 23.0 Å². The predicted octanol–water partition coefficient (Wildman–Crippen LogP) is 1.24.